The van der Waals surface area contributed by atoms with Crippen molar-refractivity contribution >= 4 is 17.5 Å². The molecule has 0 unspecified atom stereocenters. The maximum Gasteiger partial charge on any atom is 0.269 e. The molecule has 2 fully saturated rings. The molecule has 0 N–H and O–H groups in total. The second-order valence-corrected chi connectivity index (χ2v) is 6.31. The van der Waals surface area contributed by atoms with Gasteiger partial charge in [-0.2, -0.15) is 0 Å². The second kappa shape index (κ2) is 7.60. The van der Waals surface area contributed by atoms with Crippen LogP contribution >= 0.6 is 0 Å². The van der Waals surface area contributed by atoms with Crippen LogP contribution in [-0.2, 0) is 9.53 Å². The van der Waals surface area contributed by atoms with Crippen LogP contribution in [0, 0.1) is 16.0 Å². The normalized spacial score (nSPS) is 18.9. The van der Waals surface area contributed by atoms with Crippen molar-refractivity contribution in [3.63, 3.8) is 0 Å². The average Bonchev–Trinajstić information content (AvgIpc) is 2.67. The third kappa shape index (κ3) is 3.96. The summed E-state index contributed by atoms with van der Waals surface area (Å²) in [6, 6.07) is 5.63. The molecule has 134 valence electrons. The number of nitro benzene ring substituents is 1. The van der Waals surface area contributed by atoms with Crippen molar-refractivity contribution in [1.29, 1.82) is 0 Å². The molecule has 0 bridgehead atoms. The molecule has 0 saturated carbocycles. The summed E-state index contributed by atoms with van der Waals surface area (Å²) in [6.07, 6.45) is 1.30. The van der Waals surface area contributed by atoms with E-state index >= 15 is 0 Å². The Balaban J connectivity index is 1.55. The van der Waals surface area contributed by atoms with E-state index in [9.17, 15) is 19.7 Å². The lowest BCUT2D eigenvalue weighted by Gasteiger charge is -2.35. The highest BCUT2D eigenvalue weighted by Gasteiger charge is 2.31. The first-order chi connectivity index (χ1) is 12.1. The van der Waals surface area contributed by atoms with Crippen molar-refractivity contribution in [2.45, 2.75) is 12.8 Å². The van der Waals surface area contributed by atoms with E-state index in [4.69, 9.17) is 4.74 Å². The Hall–Kier alpha value is -2.48. The topological polar surface area (TPSA) is 93.0 Å². The fourth-order valence-electron chi connectivity index (χ4n) is 3.28. The first-order valence-corrected chi connectivity index (χ1v) is 8.46. The number of piperidine rings is 1. The van der Waals surface area contributed by atoms with Gasteiger partial charge in [0.25, 0.3) is 11.6 Å². The van der Waals surface area contributed by atoms with E-state index in [1.807, 2.05) is 4.90 Å². The number of non-ortho nitro benzene ring substituents is 1. The Kier molecular flexibility index (Phi) is 5.28. The molecular weight excluding hydrogens is 326 g/mol. The molecule has 8 heteroatoms. The maximum atomic E-state index is 12.5. The standard InChI is InChI=1S/C17H21N3O5/c21-16(13-1-3-15(4-2-13)20(23)24)18-7-5-14(6-8-18)17(22)19-9-11-25-12-10-19/h1-4,14H,5-12H2. The van der Waals surface area contributed by atoms with E-state index in [1.54, 1.807) is 4.90 Å². The number of rotatable bonds is 3. The minimum Gasteiger partial charge on any atom is -0.378 e. The molecule has 0 atom stereocenters. The molecule has 2 saturated heterocycles. The van der Waals surface area contributed by atoms with E-state index in [1.165, 1.54) is 24.3 Å². The van der Waals surface area contributed by atoms with E-state index in [0.717, 1.165) is 0 Å². The summed E-state index contributed by atoms with van der Waals surface area (Å²) in [6.45, 7) is 3.50. The lowest BCUT2D eigenvalue weighted by atomic mass is 9.94. The monoisotopic (exact) mass is 347 g/mol. The second-order valence-electron chi connectivity index (χ2n) is 6.31. The van der Waals surface area contributed by atoms with Crippen molar-refractivity contribution in [3.05, 3.63) is 39.9 Å². The smallest absolute Gasteiger partial charge is 0.269 e. The highest BCUT2D eigenvalue weighted by molar-refractivity contribution is 5.94. The van der Waals surface area contributed by atoms with Crippen LogP contribution in [0.5, 0.6) is 0 Å². The molecule has 8 nitrogen and oxygen atoms in total. The van der Waals surface area contributed by atoms with Gasteiger partial charge in [0.05, 0.1) is 18.1 Å². The average molecular weight is 347 g/mol. The van der Waals surface area contributed by atoms with Gasteiger partial charge in [0, 0.05) is 49.8 Å². The fourth-order valence-corrected chi connectivity index (χ4v) is 3.28. The predicted molar refractivity (Wildman–Crippen MR) is 89.1 cm³/mol. The minimum atomic E-state index is -0.489. The van der Waals surface area contributed by atoms with E-state index in [-0.39, 0.29) is 23.4 Å². The summed E-state index contributed by atoms with van der Waals surface area (Å²) in [7, 11) is 0. The zero-order chi connectivity index (χ0) is 17.8. The molecule has 2 aliphatic heterocycles. The quantitative estimate of drug-likeness (QED) is 0.607. The Labute approximate surface area is 145 Å². The third-order valence-electron chi connectivity index (χ3n) is 4.78. The van der Waals surface area contributed by atoms with Gasteiger partial charge in [-0.1, -0.05) is 0 Å². The first-order valence-electron chi connectivity index (χ1n) is 8.46. The molecule has 2 amide bonds. The van der Waals surface area contributed by atoms with E-state index < -0.39 is 4.92 Å². The van der Waals surface area contributed by atoms with Crippen LogP contribution in [0.2, 0.25) is 0 Å². The predicted octanol–water partition coefficient (Wildman–Crippen LogP) is 1.31. The van der Waals surface area contributed by atoms with Gasteiger partial charge in [0.15, 0.2) is 0 Å². The summed E-state index contributed by atoms with van der Waals surface area (Å²) in [5.41, 5.74) is 0.398. The lowest BCUT2D eigenvalue weighted by molar-refractivity contribution is -0.384. The molecule has 0 radical (unpaired) electrons. The summed E-state index contributed by atoms with van der Waals surface area (Å²) < 4.78 is 5.27. The van der Waals surface area contributed by atoms with Gasteiger partial charge >= 0.3 is 0 Å². The number of nitro groups is 1. The number of carbonyl (C=O) groups excluding carboxylic acids is 2. The van der Waals surface area contributed by atoms with Gasteiger partial charge in [-0.3, -0.25) is 19.7 Å². The molecule has 2 heterocycles. The van der Waals surface area contributed by atoms with Crippen LogP contribution in [0.3, 0.4) is 0 Å². The Morgan fingerprint density at radius 3 is 2.16 bits per heavy atom. The highest BCUT2D eigenvalue weighted by atomic mass is 16.6. The number of amides is 2. The van der Waals surface area contributed by atoms with Crippen LogP contribution in [0.15, 0.2) is 24.3 Å². The minimum absolute atomic E-state index is 0.0358. The lowest BCUT2D eigenvalue weighted by Crippen LogP contribution is -2.47. The van der Waals surface area contributed by atoms with Crippen molar-refractivity contribution < 1.29 is 19.2 Å². The van der Waals surface area contributed by atoms with Crippen molar-refractivity contribution in [3.8, 4) is 0 Å². The molecule has 3 rings (SSSR count). The van der Waals surface area contributed by atoms with Crippen LogP contribution < -0.4 is 0 Å². The summed E-state index contributed by atoms with van der Waals surface area (Å²) in [5.74, 6) is -0.0306. The van der Waals surface area contributed by atoms with Crippen LogP contribution in [0.25, 0.3) is 0 Å². The molecule has 2 aliphatic rings. The molecule has 25 heavy (non-hydrogen) atoms. The molecular formula is C17H21N3O5. The van der Waals surface area contributed by atoms with Crippen LogP contribution in [-0.4, -0.2) is 65.9 Å². The largest absolute Gasteiger partial charge is 0.378 e. The molecule has 0 spiro atoms. The van der Waals surface area contributed by atoms with Crippen molar-refractivity contribution in [2.75, 3.05) is 39.4 Å². The Morgan fingerprint density at radius 2 is 1.60 bits per heavy atom. The van der Waals surface area contributed by atoms with E-state index in [0.29, 0.717) is 57.8 Å². The Bertz CT molecular complexity index is 647. The van der Waals surface area contributed by atoms with Gasteiger partial charge in [-0.25, -0.2) is 0 Å². The Morgan fingerprint density at radius 1 is 1.00 bits per heavy atom. The zero-order valence-electron chi connectivity index (χ0n) is 13.9. The summed E-state index contributed by atoms with van der Waals surface area (Å²) in [4.78, 5) is 38.8. The maximum absolute atomic E-state index is 12.5. The fraction of sp³-hybridized carbons (Fsp3) is 0.529. The van der Waals surface area contributed by atoms with E-state index in [2.05, 4.69) is 0 Å². The van der Waals surface area contributed by atoms with Gasteiger partial charge in [-0.05, 0) is 25.0 Å². The number of nitrogens with zero attached hydrogens (tertiary/aromatic N) is 3. The SMILES string of the molecule is O=C(c1ccc([N+](=O)[O-])cc1)N1CCC(C(=O)N2CCOCC2)CC1. The first kappa shape index (κ1) is 17.3. The third-order valence-corrected chi connectivity index (χ3v) is 4.78. The molecule has 0 aliphatic carbocycles. The number of likely N-dealkylation sites (tertiary alicyclic amines) is 1. The van der Waals surface area contributed by atoms with Crippen LogP contribution in [0.4, 0.5) is 5.69 Å². The number of morpholine rings is 1. The summed E-state index contributed by atoms with van der Waals surface area (Å²) >= 11 is 0. The molecule has 1 aromatic rings. The number of hydrogen-bond acceptors (Lipinski definition) is 5. The van der Waals surface area contributed by atoms with Crippen molar-refractivity contribution in [1.82, 2.24) is 9.80 Å². The highest BCUT2D eigenvalue weighted by Crippen LogP contribution is 2.22. The number of ether oxygens (including phenoxy) is 1. The summed E-state index contributed by atoms with van der Waals surface area (Å²) in [5, 5.41) is 10.7. The van der Waals surface area contributed by atoms with Gasteiger partial charge < -0.3 is 14.5 Å². The molecule has 1 aromatic carbocycles. The number of carbonyl (C=O) groups is 2. The number of hydrogen-bond donors (Lipinski definition) is 0. The van der Waals surface area contributed by atoms with Gasteiger partial charge in [-0.15, -0.1) is 0 Å². The number of benzene rings is 1. The van der Waals surface area contributed by atoms with Crippen molar-refractivity contribution in [2.24, 2.45) is 5.92 Å². The van der Waals surface area contributed by atoms with Crippen LogP contribution in [0.1, 0.15) is 23.2 Å². The zero-order valence-corrected chi connectivity index (χ0v) is 13.9. The van der Waals surface area contributed by atoms with Gasteiger partial charge in [0.1, 0.15) is 0 Å². The van der Waals surface area contributed by atoms with Gasteiger partial charge in [0.2, 0.25) is 5.91 Å². The molecule has 0 aromatic heterocycles.